The number of thioether (sulfide) groups is 1. The molecular formula is C23H24N4O6S. The molecule has 0 unspecified atom stereocenters. The van der Waals surface area contributed by atoms with Gasteiger partial charge >= 0.3 is 11.9 Å². The van der Waals surface area contributed by atoms with Gasteiger partial charge in [0.2, 0.25) is 5.91 Å². The number of rotatable bonds is 9. The maximum Gasteiger partial charge on any atom is 0.337 e. The number of hydrogen-bond acceptors (Lipinski definition) is 9. The Morgan fingerprint density at radius 2 is 1.59 bits per heavy atom. The predicted octanol–water partition coefficient (Wildman–Crippen LogP) is 3.18. The zero-order valence-electron chi connectivity index (χ0n) is 19.2. The molecule has 0 fully saturated rings. The van der Waals surface area contributed by atoms with Crippen molar-refractivity contribution in [3.8, 4) is 17.1 Å². The molecule has 11 heteroatoms. The van der Waals surface area contributed by atoms with Crippen LogP contribution >= 0.6 is 11.8 Å². The van der Waals surface area contributed by atoms with E-state index in [-0.39, 0.29) is 28.5 Å². The Morgan fingerprint density at radius 3 is 2.15 bits per heavy atom. The third-order valence-corrected chi connectivity index (χ3v) is 5.67. The van der Waals surface area contributed by atoms with E-state index in [0.29, 0.717) is 17.6 Å². The molecule has 3 aromatic rings. The molecule has 34 heavy (non-hydrogen) atoms. The minimum Gasteiger partial charge on any atom is -0.494 e. The third kappa shape index (κ3) is 5.93. The number of methoxy groups -OCH3 is 2. The Bertz CT molecular complexity index is 1160. The Morgan fingerprint density at radius 1 is 0.971 bits per heavy atom. The molecule has 0 radical (unpaired) electrons. The van der Waals surface area contributed by atoms with Crippen LogP contribution in [0.1, 0.15) is 27.6 Å². The highest BCUT2D eigenvalue weighted by Crippen LogP contribution is 2.25. The fraction of sp³-hybridized carbons (Fsp3) is 0.261. The van der Waals surface area contributed by atoms with Gasteiger partial charge in [0.15, 0.2) is 11.0 Å². The first kappa shape index (κ1) is 24.8. The number of aromatic nitrogens is 3. The van der Waals surface area contributed by atoms with Crippen LogP contribution < -0.4 is 10.1 Å². The molecule has 0 spiro atoms. The van der Waals surface area contributed by atoms with E-state index in [2.05, 4.69) is 15.5 Å². The standard InChI is InChI=1S/C23H24N4O6S/c1-5-33-18-8-6-14(7-9-18)20-25-26-23(27(20)2)34-13-19(28)24-17-11-15(21(29)31-3)10-16(12-17)22(30)32-4/h6-12H,5,13H2,1-4H3,(H,24,28). The predicted molar refractivity (Wildman–Crippen MR) is 126 cm³/mol. The number of anilines is 1. The van der Waals surface area contributed by atoms with Crippen LogP contribution in [0, 0.1) is 0 Å². The number of carbonyl (C=O) groups is 3. The number of amides is 1. The van der Waals surface area contributed by atoms with E-state index in [1.807, 2.05) is 38.2 Å². The average molecular weight is 485 g/mol. The zero-order chi connectivity index (χ0) is 24.7. The number of benzene rings is 2. The highest BCUT2D eigenvalue weighted by Gasteiger charge is 2.16. The zero-order valence-corrected chi connectivity index (χ0v) is 20.0. The second-order valence-corrected chi connectivity index (χ2v) is 7.88. The lowest BCUT2D eigenvalue weighted by molar-refractivity contribution is -0.113. The molecule has 2 aromatic carbocycles. The summed E-state index contributed by atoms with van der Waals surface area (Å²) < 4.78 is 16.7. The first-order chi connectivity index (χ1) is 16.4. The maximum absolute atomic E-state index is 12.5. The Hall–Kier alpha value is -3.86. The van der Waals surface area contributed by atoms with E-state index in [1.54, 1.807) is 4.57 Å². The fourth-order valence-corrected chi connectivity index (χ4v) is 3.77. The number of ether oxygens (including phenoxy) is 3. The second-order valence-electron chi connectivity index (χ2n) is 6.94. The lowest BCUT2D eigenvalue weighted by Crippen LogP contribution is -2.16. The van der Waals surface area contributed by atoms with Gasteiger partial charge in [-0.1, -0.05) is 11.8 Å². The van der Waals surface area contributed by atoms with Crippen LogP contribution in [0.4, 0.5) is 5.69 Å². The molecule has 178 valence electrons. The molecule has 0 bridgehead atoms. The Balaban J connectivity index is 1.68. The van der Waals surface area contributed by atoms with Gasteiger partial charge in [0, 0.05) is 18.3 Å². The molecule has 0 aliphatic rings. The van der Waals surface area contributed by atoms with E-state index in [1.165, 1.54) is 44.2 Å². The summed E-state index contributed by atoms with van der Waals surface area (Å²) in [5.41, 5.74) is 1.36. The number of carbonyl (C=O) groups excluding carboxylic acids is 3. The van der Waals surface area contributed by atoms with Crippen molar-refractivity contribution in [3.63, 3.8) is 0 Å². The van der Waals surface area contributed by atoms with Crippen molar-refractivity contribution in [1.29, 1.82) is 0 Å². The summed E-state index contributed by atoms with van der Waals surface area (Å²) in [4.78, 5) is 36.4. The second kappa shape index (κ2) is 11.3. The van der Waals surface area contributed by atoms with Crippen LogP contribution in [0.3, 0.4) is 0 Å². The van der Waals surface area contributed by atoms with Crippen LogP contribution in [0.2, 0.25) is 0 Å². The van der Waals surface area contributed by atoms with E-state index in [0.717, 1.165) is 11.3 Å². The highest BCUT2D eigenvalue weighted by molar-refractivity contribution is 7.99. The monoisotopic (exact) mass is 484 g/mol. The van der Waals surface area contributed by atoms with Crippen molar-refractivity contribution in [3.05, 3.63) is 53.6 Å². The van der Waals surface area contributed by atoms with Gasteiger partial charge in [-0.3, -0.25) is 4.79 Å². The van der Waals surface area contributed by atoms with E-state index < -0.39 is 11.9 Å². The quantitative estimate of drug-likeness (QED) is 0.360. The smallest absolute Gasteiger partial charge is 0.337 e. The average Bonchev–Trinajstić information content (AvgIpc) is 3.22. The van der Waals surface area contributed by atoms with Crippen molar-refractivity contribution in [2.45, 2.75) is 12.1 Å². The van der Waals surface area contributed by atoms with Crippen molar-refractivity contribution in [2.75, 3.05) is 31.9 Å². The number of nitrogens with zero attached hydrogens (tertiary/aromatic N) is 3. The van der Waals surface area contributed by atoms with Crippen LogP contribution in [0.5, 0.6) is 5.75 Å². The van der Waals surface area contributed by atoms with Crippen LogP contribution in [-0.2, 0) is 21.3 Å². The molecule has 1 heterocycles. The lowest BCUT2D eigenvalue weighted by atomic mass is 10.1. The summed E-state index contributed by atoms with van der Waals surface area (Å²) in [7, 11) is 4.27. The summed E-state index contributed by atoms with van der Waals surface area (Å²) in [6.07, 6.45) is 0. The summed E-state index contributed by atoms with van der Waals surface area (Å²) in [6, 6.07) is 11.7. The minimum absolute atomic E-state index is 0.0330. The van der Waals surface area contributed by atoms with E-state index >= 15 is 0 Å². The molecular weight excluding hydrogens is 460 g/mol. The molecule has 1 aromatic heterocycles. The van der Waals surface area contributed by atoms with Gasteiger partial charge < -0.3 is 24.1 Å². The molecule has 1 amide bonds. The van der Waals surface area contributed by atoms with E-state index in [4.69, 9.17) is 14.2 Å². The van der Waals surface area contributed by atoms with Gasteiger partial charge in [0.1, 0.15) is 5.75 Å². The summed E-state index contributed by atoms with van der Waals surface area (Å²) in [6.45, 7) is 2.51. The minimum atomic E-state index is -0.642. The van der Waals surface area contributed by atoms with E-state index in [9.17, 15) is 14.4 Å². The van der Waals surface area contributed by atoms with Crippen molar-refractivity contribution < 1.29 is 28.6 Å². The summed E-state index contributed by atoms with van der Waals surface area (Å²) >= 11 is 1.20. The number of hydrogen-bond donors (Lipinski definition) is 1. The Labute approximate surface area is 200 Å². The summed E-state index contributed by atoms with van der Waals surface area (Å²) in [5.74, 6) is -0.182. The summed E-state index contributed by atoms with van der Waals surface area (Å²) in [5, 5.41) is 11.6. The maximum atomic E-state index is 12.5. The normalized spacial score (nSPS) is 10.5. The number of nitrogens with one attached hydrogen (secondary N) is 1. The third-order valence-electron chi connectivity index (χ3n) is 4.65. The van der Waals surface area contributed by atoms with Gasteiger partial charge in [0.05, 0.1) is 37.7 Å². The van der Waals surface area contributed by atoms with Gasteiger partial charge in [-0.05, 0) is 49.4 Å². The molecule has 10 nitrogen and oxygen atoms in total. The SMILES string of the molecule is CCOc1ccc(-c2nnc(SCC(=O)Nc3cc(C(=O)OC)cc(C(=O)OC)c3)n2C)cc1. The molecule has 0 aliphatic heterocycles. The molecule has 1 N–H and O–H groups in total. The van der Waals surface area contributed by atoms with Crippen LogP contribution in [0.15, 0.2) is 47.6 Å². The largest absolute Gasteiger partial charge is 0.494 e. The van der Waals surface area contributed by atoms with Gasteiger partial charge in [-0.15, -0.1) is 10.2 Å². The van der Waals surface area contributed by atoms with Gasteiger partial charge in [-0.25, -0.2) is 9.59 Å². The molecule has 0 saturated carbocycles. The van der Waals surface area contributed by atoms with Crippen molar-refractivity contribution in [1.82, 2.24) is 14.8 Å². The molecule has 0 aliphatic carbocycles. The first-order valence-electron chi connectivity index (χ1n) is 10.2. The van der Waals surface area contributed by atoms with Crippen molar-refractivity contribution >= 4 is 35.3 Å². The molecule has 0 atom stereocenters. The first-order valence-corrected chi connectivity index (χ1v) is 11.2. The Kier molecular flexibility index (Phi) is 8.25. The molecule has 3 rings (SSSR count). The fourth-order valence-electron chi connectivity index (χ4n) is 3.06. The van der Waals surface area contributed by atoms with Crippen molar-refractivity contribution in [2.24, 2.45) is 7.05 Å². The number of esters is 2. The topological polar surface area (TPSA) is 122 Å². The molecule has 0 saturated heterocycles. The highest BCUT2D eigenvalue weighted by atomic mass is 32.2. The van der Waals surface area contributed by atoms with Crippen LogP contribution in [0.25, 0.3) is 11.4 Å². The van der Waals surface area contributed by atoms with Gasteiger partial charge in [-0.2, -0.15) is 0 Å². The van der Waals surface area contributed by atoms with Gasteiger partial charge in [0.25, 0.3) is 0 Å². The van der Waals surface area contributed by atoms with Crippen LogP contribution in [-0.4, -0.2) is 59.2 Å². The lowest BCUT2D eigenvalue weighted by Gasteiger charge is -2.09.